The lowest BCUT2D eigenvalue weighted by Crippen LogP contribution is -2.40. The molecule has 0 atom stereocenters. The summed E-state index contributed by atoms with van der Waals surface area (Å²) in [6.07, 6.45) is 7.87. The van der Waals surface area contributed by atoms with E-state index < -0.39 is 10.0 Å². The highest BCUT2D eigenvalue weighted by Crippen LogP contribution is 2.27. The zero-order chi connectivity index (χ0) is 14.4. The van der Waals surface area contributed by atoms with Gasteiger partial charge in [0, 0.05) is 25.8 Å². The smallest absolute Gasteiger partial charge is 0.217 e. The second-order valence-electron chi connectivity index (χ2n) is 5.26. The van der Waals surface area contributed by atoms with Crippen LogP contribution in [0.3, 0.4) is 0 Å². The maximum absolute atomic E-state index is 12.8. The maximum Gasteiger partial charge on any atom is 0.217 e. The van der Waals surface area contributed by atoms with Gasteiger partial charge in [0.15, 0.2) is 0 Å². The standard InChI is InChI=1S/C14H23NO4S/c1-18-10-8-15(11-13-7-9-19-12-13)20(16,17)14-5-3-2-4-6-14/h7,9,12,14H,2-6,8,10-11H2,1H3. The van der Waals surface area contributed by atoms with Crippen molar-refractivity contribution in [2.45, 2.75) is 43.9 Å². The van der Waals surface area contributed by atoms with Crippen LogP contribution in [-0.2, 0) is 21.3 Å². The van der Waals surface area contributed by atoms with E-state index in [9.17, 15) is 8.42 Å². The average Bonchev–Trinajstić information content (AvgIpc) is 2.97. The Morgan fingerprint density at radius 1 is 1.35 bits per heavy atom. The minimum atomic E-state index is -3.26. The van der Waals surface area contributed by atoms with E-state index in [1.807, 2.05) is 0 Å². The van der Waals surface area contributed by atoms with Gasteiger partial charge in [0.1, 0.15) is 0 Å². The summed E-state index contributed by atoms with van der Waals surface area (Å²) in [6, 6.07) is 1.80. The highest BCUT2D eigenvalue weighted by atomic mass is 32.2. The first-order chi connectivity index (χ1) is 9.64. The highest BCUT2D eigenvalue weighted by molar-refractivity contribution is 7.89. The van der Waals surface area contributed by atoms with Crippen LogP contribution in [0, 0.1) is 0 Å². The van der Waals surface area contributed by atoms with E-state index in [0.29, 0.717) is 19.7 Å². The molecule has 0 N–H and O–H groups in total. The van der Waals surface area contributed by atoms with Crippen LogP contribution in [0.25, 0.3) is 0 Å². The molecule has 114 valence electrons. The Balaban J connectivity index is 2.11. The normalized spacial score (nSPS) is 17.7. The fraction of sp³-hybridized carbons (Fsp3) is 0.714. The molecule has 1 saturated carbocycles. The van der Waals surface area contributed by atoms with Gasteiger partial charge in [0.2, 0.25) is 10.0 Å². The van der Waals surface area contributed by atoms with Gasteiger partial charge in [-0.1, -0.05) is 19.3 Å². The minimum Gasteiger partial charge on any atom is -0.472 e. The van der Waals surface area contributed by atoms with Gasteiger partial charge in [-0.2, -0.15) is 4.31 Å². The van der Waals surface area contributed by atoms with E-state index in [4.69, 9.17) is 9.15 Å². The van der Waals surface area contributed by atoms with Crippen molar-refractivity contribution >= 4 is 10.0 Å². The molecule has 1 aliphatic carbocycles. The molecule has 0 spiro atoms. The lowest BCUT2D eigenvalue weighted by Gasteiger charge is -2.29. The fourth-order valence-electron chi connectivity index (χ4n) is 2.65. The summed E-state index contributed by atoms with van der Waals surface area (Å²) in [5.74, 6) is 0. The summed E-state index contributed by atoms with van der Waals surface area (Å²) >= 11 is 0. The van der Waals surface area contributed by atoms with E-state index in [0.717, 1.165) is 37.7 Å². The van der Waals surface area contributed by atoms with Gasteiger partial charge in [0.05, 0.1) is 24.4 Å². The van der Waals surface area contributed by atoms with Crippen LogP contribution in [0.1, 0.15) is 37.7 Å². The van der Waals surface area contributed by atoms with E-state index >= 15 is 0 Å². The van der Waals surface area contributed by atoms with Crippen molar-refractivity contribution < 1.29 is 17.6 Å². The third-order valence-electron chi connectivity index (χ3n) is 3.82. The topological polar surface area (TPSA) is 59.8 Å². The Kier molecular flexibility index (Phi) is 5.63. The van der Waals surface area contributed by atoms with Gasteiger partial charge in [-0.15, -0.1) is 0 Å². The van der Waals surface area contributed by atoms with Crippen LogP contribution in [0.5, 0.6) is 0 Å². The largest absolute Gasteiger partial charge is 0.472 e. The molecule has 2 rings (SSSR count). The second kappa shape index (κ2) is 7.24. The number of ether oxygens (including phenoxy) is 1. The molecule has 5 nitrogen and oxygen atoms in total. The Labute approximate surface area is 121 Å². The van der Waals surface area contributed by atoms with Crippen molar-refractivity contribution in [3.63, 3.8) is 0 Å². The van der Waals surface area contributed by atoms with Crippen LogP contribution in [0.4, 0.5) is 0 Å². The summed E-state index contributed by atoms with van der Waals surface area (Å²) in [5, 5.41) is -0.236. The van der Waals surface area contributed by atoms with Crippen LogP contribution < -0.4 is 0 Å². The van der Waals surface area contributed by atoms with Gasteiger partial charge < -0.3 is 9.15 Å². The molecule has 6 heteroatoms. The van der Waals surface area contributed by atoms with Crippen molar-refractivity contribution in [3.8, 4) is 0 Å². The number of sulfonamides is 1. The molecule has 1 aromatic heterocycles. The first-order valence-corrected chi connectivity index (χ1v) is 8.64. The van der Waals surface area contributed by atoms with Crippen molar-refractivity contribution in [2.24, 2.45) is 0 Å². The van der Waals surface area contributed by atoms with Gasteiger partial charge in [-0.05, 0) is 18.9 Å². The molecule has 20 heavy (non-hydrogen) atoms. The molecular weight excluding hydrogens is 278 g/mol. The molecule has 1 aromatic rings. The quantitative estimate of drug-likeness (QED) is 0.776. The zero-order valence-electron chi connectivity index (χ0n) is 12.0. The molecule has 0 radical (unpaired) electrons. The molecule has 0 aromatic carbocycles. The van der Waals surface area contributed by atoms with Crippen molar-refractivity contribution in [1.29, 1.82) is 0 Å². The summed E-state index contributed by atoms with van der Waals surface area (Å²) < 4.78 is 37.1. The van der Waals surface area contributed by atoms with Gasteiger partial charge in [-0.25, -0.2) is 8.42 Å². The summed E-state index contributed by atoms with van der Waals surface area (Å²) in [5.41, 5.74) is 0.875. The lowest BCUT2D eigenvalue weighted by atomic mass is 10.0. The van der Waals surface area contributed by atoms with Gasteiger partial charge in [-0.3, -0.25) is 0 Å². The Morgan fingerprint density at radius 3 is 2.70 bits per heavy atom. The van der Waals surface area contributed by atoms with Gasteiger partial charge in [0.25, 0.3) is 0 Å². The third-order valence-corrected chi connectivity index (χ3v) is 6.16. The fourth-order valence-corrected chi connectivity index (χ4v) is 4.66. The first-order valence-electron chi connectivity index (χ1n) is 7.13. The molecule has 0 aliphatic heterocycles. The van der Waals surface area contributed by atoms with Crippen molar-refractivity contribution in [2.75, 3.05) is 20.3 Å². The van der Waals surface area contributed by atoms with Crippen molar-refractivity contribution in [3.05, 3.63) is 24.2 Å². The van der Waals surface area contributed by atoms with Crippen LogP contribution in [0.2, 0.25) is 0 Å². The molecule has 0 saturated heterocycles. The number of nitrogens with zero attached hydrogens (tertiary/aromatic N) is 1. The van der Waals surface area contributed by atoms with E-state index in [1.54, 1.807) is 25.7 Å². The molecule has 0 amide bonds. The maximum atomic E-state index is 12.8. The van der Waals surface area contributed by atoms with Crippen LogP contribution in [-0.4, -0.2) is 38.2 Å². The Bertz CT molecular complexity index is 477. The minimum absolute atomic E-state index is 0.236. The Hall–Kier alpha value is -0.850. The second-order valence-corrected chi connectivity index (χ2v) is 7.48. The van der Waals surface area contributed by atoms with E-state index in [-0.39, 0.29) is 5.25 Å². The number of hydrogen-bond donors (Lipinski definition) is 0. The van der Waals surface area contributed by atoms with Crippen LogP contribution in [0.15, 0.2) is 23.0 Å². The van der Waals surface area contributed by atoms with Crippen molar-refractivity contribution in [1.82, 2.24) is 4.31 Å². The molecule has 0 unspecified atom stereocenters. The number of rotatable bonds is 7. The molecular formula is C14H23NO4S. The SMILES string of the molecule is COCCN(Cc1ccoc1)S(=O)(=O)C1CCCCC1. The highest BCUT2D eigenvalue weighted by Gasteiger charge is 2.32. The van der Waals surface area contributed by atoms with Gasteiger partial charge >= 0.3 is 0 Å². The lowest BCUT2D eigenvalue weighted by molar-refractivity contribution is 0.176. The predicted molar refractivity (Wildman–Crippen MR) is 76.8 cm³/mol. The predicted octanol–water partition coefficient (Wildman–Crippen LogP) is 2.39. The molecule has 1 fully saturated rings. The van der Waals surface area contributed by atoms with Crippen LogP contribution >= 0.6 is 0 Å². The summed E-state index contributed by atoms with van der Waals surface area (Å²) in [6.45, 7) is 1.16. The number of hydrogen-bond acceptors (Lipinski definition) is 4. The van der Waals surface area contributed by atoms with E-state index in [2.05, 4.69) is 0 Å². The zero-order valence-corrected chi connectivity index (χ0v) is 12.8. The molecule has 0 bridgehead atoms. The Morgan fingerprint density at radius 2 is 2.10 bits per heavy atom. The third kappa shape index (κ3) is 3.84. The molecule has 1 heterocycles. The number of furan rings is 1. The average molecular weight is 301 g/mol. The summed E-state index contributed by atoms with van der Waals surface area (Å²) in [4.78, 5) is 0. The molecule has 1 aliphatic rings. The number of methoxy groups -OCH3 is 1. The first kappa shape index (κ1) is 15.5. The van der Waals surface area contributed by atoms with E-state index in [1.165, 1.54) is 4.31 Å². The summed E-state index contributed by atoms with van der Waals surface area (Å²) in [7, 11) is -1.67. The monoisotopic (exact) mass is 301 g/mol.